The number of hydrogen-bond donors (Lipinski definition) is 1. The Kier molecular flexibility index (Phi) is 3.22. The molecule has 1 heterocycles. The Morgan fingerprint density at radius 3 is 2.75 bits per heavy atom. The van der Waals surface area contributed by atoms with E-state index in [9.17, 15) is 0 Å². The first-order valence-electron chi connectivity index (χ1n) is 7.95. The standard InChI is InChI=1S/C17H21ClN2/c18-14-6-3-7-15-16(14)20-17(19-15)13-9-8-11-4-1-2-5-12(11)10-13/h3,6-7,11-13H,1-2,4-5,8-10H2,(H,19,20). The van der Waals surface area contributed by atoms with Crippen LogP contribution in [-0.2, 0) is 0 Å². The van der Waals surface area contributed by atoms with E-state index in [0.29, 0.717) is 5.92 Å². The fraction of sp³-hybridized carbons (Fsp3) is 0.588. The highest BCUT2D eigenvalue weighted by atomic mass is 35.5. The molecule has 3 heteroatoms. The molecule has 3 atom stereocenters. The lowest BCUT2D eigenvalue weighted by Crippen LogP contribution is -2.27. The lowest BCUT2D eigenvalue weighted by molar-refractivity contribution is 0.153. The van der Waals surface area contributed by atoms with Gasteiger partial charge in [-0.2, -0.15) is 0 Å². The Hall–Kier alpha value is -1.02. The van der Waals surface area contributed by atoms with Gasteiger partial charge >= 0.3 is 0 Å². The number of nitrogens with zero attached hydrogens (tertiary/aromatic N) is 1. The van der Waals surface area contributed by atoms with E-state index in [1.165, 1.54) is 44.9 Å². The van der Waals surface area contributed by atoms with Gasteiger partial charge in [0.1, 0.15) is 11.3 Å². The molecule has 0 saturated heterocycles. The van der Waals surface area contributed by atoms with Crippen LogP contribution in [0.5, 0.6) is 0 Å². The van der Waals surface area contributed by atoms with Crippen LogP contribution in [0.2, 0.25) is 5.02 Å². The van der Waals surface area contributed by atoms with Gasteiger partial charge in [0, 0.05) is 5.92 Å². The SMILES string of the molecule is Clc1cccc2[nH]c(C3CCC4CCCCC4C3)nc12. The fourth-order valence-corrected chi connectivity index (χ4v) is 4.55. The van der Waals surface area contributed by atoms with E-state index in [1.54, 1.807) is 0 Å². The first kappa shape index (κ1) is 12.7. The maximum Gasteiger partial charge on any atom is 0.110 e. The predicted molar refractivity (Wildman–Crippen MR) is 83.1 cm³/mol. The van der Waals surface area contributed by atoms with Crippen LogP contribution < -0.4 is 0 Å². The summed E-state index contributed by atoms with van der Waals surface area (Å²) in [6, 6.07) is 5.99. The maximum absolute atomic E-state index is 6.24. The molecule has 0 radical (unpaired) electrons. The third-order valence-electron chi connectivity index (χ3n) is 5.41. The molecule has 106 valence electrons. The zero-order chi connectivity index (χ0) is 13.5. The number of rotatable bonds is 1. The van der Waals surface area contributed by atoms with Gasteiger partial charge in [0.25, 0.3) is 0 Å². The second-order valence-electron chi connectivity index (χ2n) is 6.57. The van der Waals surface area contributed by atoms with Gasteiger partial charge in [0.05, 0.1) is 10.5 Å². The molecule has 2 nitrogen and oxygen atoms in total. The number of halogens is 1. The molecule has 1 aromatic carbocycles. The van der Waals surface area contributed by atoms with Crippen molar-refractivity contribution in [2.45, 2.75) is 50.9 Å². The first-order valence-corrected chi connectivity index (χ1v) is 8.33. The maximum atomic E-state index is 6.24. The zero-order valence-electron chi connectivity index (χ0n) is 11.7. The lowest BCUT2D eigenvalue weighted by atomic mass is 9.67. The molecule has 0 spiro atoms. The quantitative estimate of drug-likeness (QED) is 0.759. The van der Waals surface area contributed by atoms with Gasteiger partial charge in [-0.3, -0.25) is 0 Å². The number of H-pyrrole nitrogens is 1. The average Bonchev–Trinajstić information content (AvgIpc) is 2.92. The van der Waals surface area contributed by atoms with Crippen LogP contribution in [0.4, 0.5) is 0 Å². The number of imidazole rings is 1. The normalized spacial score (nSPS) is 30.4. The van der Waals surface area contributed by atoms with Crippen LogP contribution in [0.3, 0.4) is 0 Å². The number of para-hydroxylation sites is 1. The van der Waals surface area contributed by atoms with Gasteiger partial charge < -0.3 is 4.98 Å². The molecular formula is C17H21ClN2. The summed E-state index contributed by atoms with van der Waals surface area (Å²) in [7, 11) is 0. The van der Waals surface area contributed by atoms with E-state index in [2.05, 4.69) is 11.1 Å². The molecule has 2 aliphatic rings. The topological polar surface area (TPSA) is 28.7 Å². The zero-order valence-corrected chi connectivity index (χ0v) is 12.5. The van der Waals surface area contributed by atoms with Crippen LogP contribution in [-0.4, -0.2) is 9.97 Å². The van der Waals surface area contributed by atoms with Crippen LogP contribution in [0.15, 0.2) is 18.2 Å². The van der Waals surface area contributed by atoms with Crippen LogP contribution in [0.25, 0.3) is 11.0 Å². The highest BCUT2D eigenvalue weighted by molar-refractivity contribution is 6.34. The molecule has 1 N–H and O–H groups in total. The molecule has 0 bridgehead atoms. The largest absolute Gasteiger partial charge is 0.342 e. The van der Waals surface area contributed by atoms with Crippen molar-refractivity contribution >= 4 is 22.6 Å². The number of nitrogens with one attached hydrogen (secondary N) is 1. The number of aromatic nitrogens is 2. The van der Waals surface area contributed by atoms with Crippen molar-refractivity contribution < 1.29 is 0 Å². The molecule has 20 heavy (non-hydrogen) atoms. The number of benzene rings is 1. The summed E-state index contributed by atoms with van der Waals surface area (Å²) in [4.78, 5) is 8.29. The van der Waals surface area contributed by atoms with E-state index >= 15 is 0 Å². The molecular weight excluding hydrogens is 268 g/mol. The Labute approximate surface area is 124 Å². The van der Waals surface area contributed by atoms with E-state index in [0.717, 1.165) is 33.7 Å². The molecule has 0 aliphatic heterocycles. The van der Waals surface area contributed by atoms with Crippen molar-refractivity contribution in [1.82, 2.24) is 9.97 Å². The summed E-state index contributed by atoms with van der Waals surface area (Å²) < 4.78 is 0. The third-order valence-corrected chi connectivity index (χ3v) is 5.71. The second kappa shape index (κ2) is 5.07. The van der Waals surface area contributed by atoms with Crippen molar-refractivity contribution in [3.05, 3.63) is 29.0 Å². The first-order chi connectivity index (χ1) is 9.81. The van der Waals surface area contributed by atoms with Gasteiger partial charge in [0.15, 0.2) is 0 Å². The van der Waals surface area contributed by atoms with E-state index < -0.39 is 0 Å². The monoisotopic (exact) mass is 288 g/mol. The van der Waals surface area contributed by atoms with Crippen molar-refractivity contribution in [3.63, 3.8) is 0 Å². The minimum atomic E-state index is 0.609. The van der Waals surface area contributed by atoms with Crippen LogP contribution in [0, 0.1) is 11.8 Å². The molecule has 2 aliphatic carbocycles. The van der Waals surface area contributed by atoms with Crippen LogP contribution >= 0.6 is 11.6 Å². The van der Waals surface area contributed by atoms with E-state index in [1.807, 2.05) is 12.1 Å². The minimum Gasteiger partial charge on any atom is -0.342 e. The molecule has 4 rings (SSSR count). The van der Waals surface area contributed by atoms with Gasteiger partial charge in [-0.25, -0.2) is 4.98 Å². The summed E-state index contributed by atoms with van der Waals surface area (Å²) in [6.45, 7) is 0. The summed E-state index contributed by atoms with van der Waals surface area (Å²) in [6.07, 6.45) is 9.78. The van der Waals surface area contributed by atoms with Gasteiger partial charge in [0.2, 0.25) is 0 Å². The molecule has 3 unspecified atom stereocenters. The Balaban J connectivity index is 1.61. The Bertz CT molecular complexity index is 618. The predicted octanol–water partition coefficient (Wildman–Crippen LogP) is 5.29. The van der Waals surface area contributed by atoms with Crippen molar-refractivity contribution in [1.29, 1.82) is 0 Å². The van der Waals surface area contributed by atoms with Gasteiger partial charge in [-0.1, -0.05) is 43.4 Å². The summed E-state index contributed by atoms with van der Waals surface area (Å²) in [5.41, 5.74) is 2.02. The Morgan fingerprint density at radius 2 is 1.90 bits per heavy atom. The molecule has 2 fully saturated rings. The van der Waals surface area contributed by atoms with Crippen molar-refractivity contribution in [3.8, 4) is 0 Å². The van der Waals surface area contributed by atoms with Crippen LogP contribution in [0.1, 0.15) is 56.7 Å². The second-order valence-corrected chi connectivity index (χ2v) is 6.98. The fourth-order valence-electron chi connectivity index (χ4n) is 4.33. The van der Waals surface area contributed by atoms with Gasteiger partial charge in [-0.05, 0) is 43.2 Å². The summed E-state index contributed by atoms with van der Waals surface area (Å²) in [5, 5.41) is 0.761. The van der Waals surface area contributed by atoms with Crippen molar-refractivity contribution in [2.75, 3.05) is 0 Å². The molecule has 0 amide bonds. The van der Waals surface area contributed by atoms with Gasteiger partial charge in [-0.15, -0.1) is 0 Å². The van der Waals surface area contributed by atoms with Crippen molar-refractivity contribution in [2.24, 2.45) is 11.8 Å². The minimum absolute atomic E-state index is 0.609. The smallest absolute Gasteiger partial charge is 0.110 e. The van der Waals surface area contributed by atoms with E-state index in [-0.39, 0.29) is 0 Å². The summed E-state index contributed by atoms with van der Waals surface area (Å²) in [5.74, 6) is 3.70. The number of fused-ring (bicyclic) bond motifs is 2. The molecule has 1 aromatic heterocycles. The van der Waals surface area contributed by atoms with E-state index in [4.69, 9.17) is 16.6 Å². The third kappa shape index (κ3) is 2.14. The highest BCUT2D eigenvalue weighted by Gasteiger charge is 2.33. The molecule has 2 aromatic rings. The number of aromatic amines is 1. The number of hydrogen-bond acceptors (Lipinski definition) is 1. The molecule has 2 saturated carbocycles. The Morgan fingerprint density at radius 1 is 1.05 bits per heavy atom. The summed E-state index contributed by atoms with van der Waals surface area (Å²) >= 11 is 6.24. The average molecular weight is 289 g/mol. The highest BCUT2D eigenvalue weighted by Crippen LogP contribution is 2.45. The lowest BCUT2D eigenvalue weighted by Gasteiger charge is -2.38.